The molecule has 0 spiro atoms. The molecule has 1 aliphatic rings. The standard InChI is InChI=1S/C27H24N4O2S/c1-16-11-20(17(2)31(16)27-23(14-28)21-9-5-6-10-25(21)34-27)15-29-30-26(33)22-12-18-7-3-4-8-19(18)13-24(22)32/h3-4,7-8,11-13,15,32H,5-6,9-10H2,1-2H3,(H,30,33). The molecule has 0 saturated carbocycles. The molecule has 170 valence electrons. The number of nitriles is 1. The van der Waals surface area contributed by atoms with Gasteiger partial charge in [-0.3, -0.25) is 4.79 Å². The summed E-state index contributed by atoms with van der Waals surface area (Å²) in [6.45, 7) is 4.00. The highest BCUT2D eigenvalue weighted by molar-refractivity contribution is 7.15. The second-order valence-corrected chi connectivity index (χ2v) is 9.66. The SMILES string of the molecule is Cc1cc(C=NNC(=O)c2cc3ccccc3cc2O)c(C)n1-c1sc2c(c1C#N)CCCC2. The Morgan fingerprint density at radius 3 is 2.68 bits per heavy atom. The van der Waals surface area contributed by atoms with Crippen LogP contribution < -0.4 is 5.43 Å². The van der Waals surface area contributed by atoms with E-state index < -0.39 is 5.91 Å². The first-order chi connectivity index (χ1) is 16.5. The number of carbonyl (C=O) groups excluding carboxylic acids is 1. The van der Waals surface area contributed by atoms with Gasteiger partial charge in [0.15, 0.2) is 0 Å². The van der Waals surface area contributed by atoms with Crippen LogP contribution in [0.4, 0.5) is 0 Å². The van der Waals surface area contributed by atoms with Gasteiger partial charge in [0.25, 0.3) is 5.91 Å². The summed E-state index contributed by atoms with van der Waals surface area (Å²) in [5.41, 5.74) is 7.50. The molecule has 0 saturated heterocycles. The Balaban J connectivity index is 1.41. The van der Waals surface area contributed by atoms with Gasteiger partial charge in [-0.2, -0.15) is 10.4 Å². The zero-order valence-electron chi connectivity index (χ0n) is 19.1. The van der Waals surface area contributed by atoms with Crippen LogP contribution in [0.15, 0.2) is 47.6 Å². The van der Waals surface area contributed by atoms with E-state index in [-0.39, 0.29) is 11.3 Å². The van der Waals surface area contributed by atoms with Crippen LogP contribution in [0.1, 0.15) is 56.2 Å². The molecule has 2 aromatic heterocycles. The number of aromatic nitrogens is 1. The molecule has 34 heavy (non-hydrogen) atoms. The lowest BCUT2D eigenvalue weighted by Crippen LogP contribution is -2.17. The van der Waals surface area contributed by atoms with Gasteiger partial charge in [0.2, 0.25) is 0 Å². The molecule has 0 radical (unpaired) electrons. The second kappa shape index (κ2) is 8.81. The topological polar surface area (TPSA) is 90.4 Å². The van der Waals surface area contributed by atoms with Gasteiger partial charge in [-0.15, -0.1) is 11.3 Å². The molecule has 5 rings (SSSR count). The molecule has 0 atom stereocenters. The monoisotopic (exact) mass is 468 g/mol. The number of amides is 1. The summed E-state index contributed by atoms with van der Waals surface area (Å²) in [5.74, 6) is -0.568. The first kappa shape index (κ1) is 21.9. The molecular formula is C27H24N4O2S. The summed E-state index contributed by atoms with van der Waals surface area (Å²) in [5, 5.41) is 27.0. The van der Waals surface area contributed by atoms with Crippen molar-refractivity contribution in [3.8, 4) is 16.8 Å². The van der Waals surface area contributed by atoms with Gasteiger partial charge in [-0.1, -0.05) is 24.3 Å². The molecule has 2 N–H and O–H groups in total. The highest BCUT2D eigenvalue weighted by Gasteiger charge is 2.23. The highest BCUT2D eigenvalue weighted by atomic mass is 32.1. The zero-order chi connectivity index (χ0) is 23.8. The number of rotatable bonds is 4. The molecule has 6 nitrogen and oxygen atoms in total. The number of hydrogen-bond acceptors (Lipinski definition) is 5. The fourth-order valence-corrected chi connectivity index (χ4v) is 6.14. The van der Waals surface area contributed by atoms with Crippen molar-refractivity contribution in [1.82, 2.24) is 9.99 Å². The lowest BCUT2D eigenvalue weighted by molar-refractivity contribution is 0.0952. The van der Waals surface area contributed by atoms with E-state index in [1.165, 1.54) is 16.9 Å². The maximum Gasteiger partial charge on any atom is 0.275 e. The average molecular weight is 469 g/mol. The Hall–Kier alpha value is -3.89. The number of phenols is 1. The number of nitrogens with one attached hydrogen (secondary N) is 1. The Bertz CT molecular complexity index is 1500. The van der Waals surface area contributed by atoms with Crippen molar-refractivity contribution in [2.45, 2.75) is 39.5 Å². The summed E-state index contributed by atoms with van der Waals surface area (Å²) >= 11 is 1.71. The Kier molecular flexibility index (Phi) is 5.68. The Morgan fingerprint density at radius 1 is 1.18 bits per heavy atom. The van der Waals surface area contributed by atoms with Crippen LogP contribution >= 0.6 is 11.3 Å². The molecule has 0 unspecified atom stereocenters. The van der Waals surface area contributed by atoms with E-state index in [1.807, 2.05) is 44.2 Å². The number of benzene rings is 2. The van der Waals surface area contributed by atoms with E-state index in [9.17, 15) is 15.2 Å². The second-order valence-electron chi connectivity index (χ2n) is 8.58. The Morgan fingerprint density at radius 2 is 1.91 bits per heavy atom. The number of aromatic hydroxyl groups is 1. The van der Waals surface area contributed by atoms with Crippen molar-refractivity contribution >= 4 is 34.2 Å². The van der Waals surface area contributed by atoms with Gasteiger partial charge < -0.3 is 9.67 Å². The van der Waals surface area contributed by atoms with Gasteiger partial charge in [0, 0.05) is 21.8 Å². The van der Waals surface area contributed by atoms with E-state index in [0.717, 1.165) is 57.6 Å². The molecule has 2 aromatic carbocycles. The largest absolute Gasteiger partial charge is 0.507 e. The summed E-state index contributed by atoms with van der Waals surface area (Å²) in [6.07, 6.45) is 5.91. The number of thiophene rings is 1. The number of hydrazone groups is 1. The fourth-order valence-electron chi connectivity index (χ4n) is 4.69. The molecule has 2 heterocycles. The minimum Gasteiger partial charge on any atom is -0.507 e. The number of nitrogens with zero attached hydrogens (tertiary/aromatic N) is 3. The molecule has 0 aliphatic heterocycles. The van der Waals surface area contributed by atoms with E-state index in [0.29, 0.717) is 0 Å². The fraction of sp³-hybridized carbons (Fsp3) is 0.222. The third kappa shape index (κ3) is 3.76. The maximum absolute atomic E-state index is 12.6. The summed E-state index contributed by atoms with van der Waals surface area (Å²) in [6, 6.07) is 15.2. The van der Waals surface area contributed by atoms with Gasteiger partial charge in [-0.25, -0.2) is 5.43 Å². The van der Waals surface area contributed by atoms with Crippen molar-refractivity contribution < 1.29 is 9.90 Å². The number of carbonyl (C=O) groups is 1. The molecule has 7 heteroatoms. The number of fused-ring (bicyclic) bond motifs is 2. The molecule has 0 fully saturated rings. The normalized spacial score (nSPS) is 13.2. The number of aryl methyl sites for hydroxylation is 2. The molecule has 1 aliphatic carbocycles. The van der Waals surface area contributed by atoms with Crippen LogP contribution in [0.3, 0.4) is 0 Å². The van der Waals surface area contributed by atoms with Gasteiger partial charge >= 0.3 is 0 Å². The molecule has 0 bridgehead atoms. The maximum atomic E-state index is 12.6. The van der Waals surface area contributed by atoms with Crippen LogP contribution in [0, 0.1) is 25.2 Å². The van der Waals surface area contributed by atoms with Gasteiger partial charge in [-0.05, 0) is 74.1 Å². The number of phenolic OH excluding ortho intramolecular Hbond substituents is 1. The van der Waals surface area contributed by atoms with Crippen LogP contribution in [0.25, 0.3) is 15.8 Å². The predicted molar refractivity (Wildman–Crippen MR) is 135 cm³/mol. The third-order valence-corrected chi connectivity index (χ3v) is 7.69. The Labute approximate surface area is 201 Å². The van der Waals surface area contributed by atoms with Crippen molar-refractivity contribution in [3.63, 3.8) is 0 Å². The summed E-state index contributed by atoms with van der Waals surface area (Å²) in [7, 11) is 0. The lowest BCUT2D eigenvalue weighted by atomic mass is 9.96. The van der Waals surface area contributed by atoms with Gasteiger partial charge in [0.05, 0.1) is 17.3 Å². The van der Waals surface area contributed by atoms with E-state index in [1.54, 1.807) is 29.7 Å². The smallest absolute Gasteiger partial charge is 0.275 e. The number of hydrogen-bond donors (Lipinski definition) is 2. The van der Waals surface area contributed by atoms with Crippen molar-refractivity contribution in [3.05, 3.63) is 81.0 Å². The van der Waals surface area contributed by atoms with E-state index in [2.05, 4.69) is 21.2 Å². The first-order valence-corrected chi connectivity index (χ1v) is 12.1. The molecule has 1 amide bonds. The lowest BCUT2D eigenvalue weighted by Gasteiger charge is -2.10. The van der Waals surface area contributed by atoms with Crippen LogP contribution in [0.2, 0.25) is 0 Å². The van der Waals surface area contributed by atoms with E-state index in [4.69, 9.17) is 0 Å². The average Bonchev–Trinajstić information content (AvgIpc) is 3.33. The molecule has 4 aromatic rings. The third-order valence-electron chi connectivity index (χ3n) is 6.42. The first-order valence-electron chi connectivity index (χ1n) is 11.3. The zero-order valence-corrected chi connectivity index (χ0v) is 19.9. The van der Waals surface area contributed by atoms with Crippen molar-refractivity contribution in [2.24, 2.45) is 5.10 Å². The quantitative estimate of drug-likeness (QED) is 0.305. The minimum absolute atomic E-state index is 0.0877. The van der Waals surface area contributed by atoms with Crippen LogP contribution in [-0.4, -0.2) is 21.8 Å². The molecular weight excluding hydrogens is 444 g/mol. The predicted octanol–water partition coefficient (Wildman–Crippen LogP) is 5.53. The highest BCUT2D eigenvalue weighted by Crippen LogP contribution is 2.38. The van der Waals surface area contributed by atoms with Crippen molar-refractivity contribution in [2.75, 3.05) is 0 Å². The summed E-state index contributed by atoms with van der Waals surface area (Å²) in [4.78, 5) is 14.0. The summed E-state index contributed by atoms with van der Waals surface area (Å²) < 4.78 is 2.11. The van der Waals surface area contributed by atoms with E-state index >= 15 is 0 Å². The van der Waals surface area contributed by atoms with Crippen LogP contribution in [-0.2, 0) is 12.8 Å². The van der Waals surface area contributed by atoms with Crippen molar-refractivity contribution in [1.29, 1.82) is 5.26 Å². The minimum atomic E-state index is -0.481. The van der Waals surface area contributed by atoms with Gasteiger partial charge in [0.1, 0.15) is 16.8 Å². The van der Waals surface area contributed by atoms with Crippen LogP contribution in [0.5, 0.6) is 5.75 Å².